The van der Waals surface area contributed by atoms with E-state index in [1.165, 1.54) is 0 Å². The summed E-state index contributed by atoms with van der Waals surface area (Å²) in [7, 11) is -3.69. The molecule has 4 aromatic rings. The highest BCUT2D eigenvalue weighted by Gasteiger charge is 2.50. The molecular formula is C30H29O5P. The minimum atomic E-state index is -3.69. The first-order valence-corrected chi connectivity index (χ1v) is 13.8. The first-order chi connectivity index (χ1) is 17.6. The molecule has 0 N–H and O–H groups in total. The molecular weight excluding hydrogens is 471 g/mol. The molecule has 0 spiro atoms. The van der Waals surface area contributed by atoms with E-state index in [2.05, 4.69) is 0 Å². The fraction of sp³-hybridized carbons (Fsp3) is 0.200. The molecule has 1 aliphatic rings. The Balaban J connectivity index is 1.49. The first kappa shape index (κ1) is 24.0. The van der Waals surface area contributed by atoms with Crippen molar-refractivity contribution in [1.29, 1.82) is 0 Å². The van der Waals surface area contributed by atoms with E-state index < -0.39 is 19.0 Å². The van der Waals surface area contributed by atoms with Crippen molar-refractivity contribution in [3.63, 3.8) is 0 Å². The van der Waals surface area contributed by atoms with Crippen molar-refractivity contribution in [2.24, 2.45) is 0 Å². The molecule has 36 heavy (non-hydrogen) atoms. The molecule has 0 aliphatic heterocycles. The van der Waals surface area contributed by atoms with Gasteiger partial charge in [-0.15, -0.1) is 0 Å². The van der Waals surface area contributed by atoms with Gasteiger partial charge in [0, 0.05) is 12.8 Å². The summed E-state index contributed by atoms with van der Waals surface area (Å²) < 4.78 is 39.9. The van der Waals surface area contributed by atoms with Gasteiger partial charge in [0.2, 0.25) is 0 Å². The van der Waals surface area contributed by atoms with Gasteiger partial charge < -0.3 is 18.5 Å². The van der Waals surface area contributed by atoms with Crippen LogP contribution in [0.15, 0.2) is 121 Å². The monoisotopic (exact) mass is 500 g/mol. The molecule has 0 unspecified atom stereocenters. The van der Waals surface area contributed by atoms with Gasteiger partial charge in [0.25, 0.3) is 5.79 Å². The van der Waals surface area contributed by atoms with Crippen LogP contribution in [-0.4, -0.2) is 11.4 Å². The number of rotatable bonds is 9. The normalized spacial score (nSPS) is 17.1. The topological polar surface area (TPSA) is 54.0 Å². The number of benzene rings is 4. The maximum absolute atomic E-state index is 14.5. The van der Waals surface area contributed by atoms with Crippen LogP contribution in [0.1, 0.15) is 25.7 Å². The Hall–Kier alpha value is -3.69. The minimum absolute atomic E-state index is 0.341. The molecule has 184 valence electrons. The van der Waals surface area contributed by atoms with E-state index >= 15 is 0 Å². The second-order valence-corrected chi connectivity index (χ2v) is 11.0. The van der Waals surface area contributed by atoms with Crippen LogP contribution in [0.2, 0.25) is 0 Å². The zero-order valence-corrected chi connectivity index (χ0v) is 20.8. The summed E-state index contributed by atoms with van der Waals surface area (Å²) in [5.74, 6) is 1.36. The quantitative estimate of drug-likeness (QED) is 0.172. The van der Waals surface area contributed by atoms with E-state index in [9.17, 15) is 4.57 Å². The van der Waals surface area contributed by atoms with Crippen molar-refractivity contribution >= 4 is 7.60 Å². The molecule has 0 aromatic heterocycles. The van der Waals surface area contributed by atoms with E-state index in [1.807, 2.05) is 97.1 Å². The Morgan fingerprint density at radius 3 is 1.39 bits per heavy atom. The summed E-state index contributed by atoms with van der Waals surface area (Å²) in [6.45, 7) is 0. The summed E-state index contributed by atoms with van der Waals surface area (Å²) in [5, 5.41) is 0. The van der Waals surface area contributed by atoms with E-state index in [4.69, 9.17) is 18.5 Å². The fourth-order valence-corrected chi connectivity index (χ4v) is 6.64. The number of para-hydroxylation sites is 4. The molecule has 6 heteroatoms. The average Bonchev–Trinajstić information content (AvgIpc) is 2.91. The highest BCUT2D eigenvalue weighted by molar-refractivity contribution is 7.55. The molecule has 5 nitrogen and oxygen atoms in total. The van der Waals surface area contributed by atoms with Gasteiger partial charge in [-0.25, -0.2) is 4.57 Å². The Kier molecular flexibility index (Phi) is 7.29. The number of hydrogen-bond donors (Lipinski definition) is 0. The smallest absolute Gasteiger partial charge is 0.434 e. The van der Waals surface area contributed by atoms with Gasteiger partial charge in [0.05, 0.1) is 5.66 Å². The van der Waals surface area contributed by atoms with Gasteiger partial charge in [-0.05, 0) is 61.4 Å². The Labute approximate surface area is 212 Å². The van der Waals surface area contributed by atoms with Crippen molar-refractivity contribution in [3.05, 3.63) is 121 Å². The van der Waals surface area contributed by atoms with Crippen molar-refractivity contribution in [2.75, 3.05) is 0 Å². The zero-order valence-electron chi connectivity index (χ0n) is 19.9. The van der Waals surface area contributed by atoms with Gasteiger partial charge in [0.15, 0.2) is 0 Å². The van der Waals surface area contributed by atoms with Gasteiger partial charge in [-0.1, -0.05) is 72.8 Å². The van der Waals surface area contributed by atoms with Crippen LogP contribution >= 0.6 is 7.60 Å². The molecule has 0 saturated heterocycles. The molecule has 1 saturated carbocycles. The minimum Gasteiger partial charge on any atom is -0.452 e. The summed E-state index contributed by atoms with van der Waals surface area (Å²) in [6.07, 6.45) is 2.39. The Bertz CT molecular complexity index is 1180. The molecule has 0 heterocycles. The second kappa shape index (κ2) is 10.9. The number of hydrogen-bond acceptors (Lipinski definition) is 5. The molecule has 0 bridgehead atoms. The van der Waals surface area contributed by atoms with E-state index in [-0.39, 0.29) is 0 Å². The van der Waals surface area contributed by atoms with Gasteiger partial charge in [0.1, 0.15) is 23.0 Å². The summed E-state index contributed by atoms with van der Waals surface area (Å²) >= 11 is 0. The van der Waals surface area contributed by atoms with E-state index in [0.29, 0.717) is 42.3 Å². The molecule has 1 fully saturated rings. The molecule has 1 aliphatic carbocycles. The van der Waals surface area contributed by atoms with Gasteiger partial charge in [-0.2, -0.15) is 0 Å². The second-order valence-electron chi connectivity index (χ2n) is 8.84. The third-order valence-corrected chi connectivity index (χ3v) is 8.40. The molecule has 5 rings (SSSR count). The standard InChI is InChI=1S/C30H29O5P/c31-36(34-27-18-9-3-10-19-27,35-28-20-11-4-12-21-28)29-22-13-23-30(24-29,32-25-14-5-1-6-15-25)33-26-16-7-2-8-17-26/h1-12,14-21,29H,13,22-24H2/t29-/m1/s1. The average molecular weight is 501 g/mol. The van der Waals surface area contributed by atoms with Crippen LogP contribution in [-0.2, 0) is 4.57 Å². The lowest BCUT2D eigenvalue weighted by atomic mass is 9.93. The molecule has 1 atom stereocenters. The lowest BCUT2D eigenvalue weighted by Gasteiger charge is -2.42. The summed E-state index contributed by atoms with van der Waals surface area (Å²) in [4.78, 5) is 0. The lowest BCUT2D eigenvalue weighted by Crippen LogP contribution is -2.48. The maximum Gasteiger partial charge on any atom is 0.434 e. The summed E-state index contributed by atoms with van der Waals surface area (Å²) in [6, 6.07) is 37.5. The van der Waals surface area contributed by atoms with E-state index in [0.717, 1.165) is 6.42 Å². The highest BCUT2D eigenvalue weighted by atomic mass is 31.2. The third-order valence-electron chi connectivity index (χ3n) is 6.13. The highest BCUT2D eigenvalue weighted by Crippen LogP contribution is 2.58. The Morgan fingerprint density at radius 1 is 0.583 bits per heavy atom. The predicted octanol–water partition coefficient (Wildman–Crippen LogP) is 8.13. The van der Waals surface area contributed by atoms with Crippen molar-refractivity contribution < 1.29 is 23.1 Å². The van der Waals surface area contributed by atoms with Crippen LogP contribution in [0.4, 0.5) is 0 Å². The van der Waals surface area contributed by atoms with Crippen LogP contribution in [0.25, 0.3) is 0 Å². The zero-order chi connectivity index (χ0) is 24.7. The summed E-state index contributed by atoms with van der Waals surface area (Å²) in [5.41, 5.74) is -0.445. The van der Waals surface area contributed by atoms with Crippen molar-refractivity contribution in [3.8, 4) is 23.0 Å². The lowest BCUT2D eigenvalue weighted by molar-refractivity contribution is -0.136. The third kappa shape index (κ3) is 5.92. The van der Waals surface area contributed by atoms with Crippen LogP contribution in [0.5, 0.6) is 23.0 Å². The van der Waals surface area contributed by atoms with Crippen LogP contribution in [0, 0.1) is 0 Å². The predicted molar refractivity (Wildman–Crippen MR) is 141 cm³/mol. The maximum atomic E-state index is 14.5. The largest absolute Gasteiger partial charge is 0.452 e. The number of ether oxygens (including phenoxy) is 2. The van der Waals surface area contributed by atoms with Crippen molar-refractivity contribution in [1.82, 2.24) is 0 Å². The van der Waals surface area contributed by atoms with Crippen LogP contribution in [0.3, 0.4) is 0 Å². The Morgan fingerprint density at radius 2 is 0.972 bits per heavy atom. The van der Waals surface area contributed by atoms with E-state index in [1.54, 1.807) is 24.3 Å². The van der Waals surface area contributed by atoms with Crippen molar-refractivity contribution in [2.45, 2.75) is 37.1 Å². The first-order valence-electron chi connectivity index (χ1n) is 12.2. The SMILES string of the molecule is O=P(Oc1ccccc1)(Oc1ccccc1)[C@@H]1CCCC(Oc2ccccc2)(Oc2ccccc2)C1. The van der Waals surface area contributed by atoms with Gasteiger partial charge >= 0.3 is 7.60 Å². The van der Waals surface area contributed by atoms with Gasteiger partial charge in [-0.3, -0.25) is 0 Å². The molecule has 4 aromatic carbocycles. The van der Waals surface area contributed by atoms with Crippen LogP contribution < -0.4 is 18.5 Å². The fourth-order valence-electron chi connectivity index (χ4n) is 4.48. The molecule has 0 amide bonds. The molecule has 0 radical (unpaired) electrons.